The summed E-state index contributed by atoms with van der Waals surface area (Å²) in [7, 11) is 1.28. The summed E-state index contributed by atoms with van der Waals surface area (Å²) in [5, 5.41) is 0. The average Bonchev–Trinajstić information content (AvgIpc) is 2.53. The number of carbonyl (C=O) groups is 3. The predicted octanol–water partition coefficient (Wildman–Crippen LogP) is 3.22. The smallest absolute Gasteiger partial charge is 0.410 e. The number of carbonyl (C=O) groups excluding carboxylic acids is 3. The summed E-state index contributed by atoms with van der Waals surface area (Å²) in [5.41, 5.74) is -0.313. The topological polar surface area (TPSA) is 82.1 Å². The lowest BCUT2D eigenvalue weighted by atomic mass is 9.94. The van der Waals surface area contributed by atoms with Gasteiger partial charge in [-0.25, -0.2) is 9.59 Å². The monoisotopic (exact) mass is 369 g/mol. The minimum atomic E-state index is -0.766. The normalized spacial score (nSPS) is 19.5. The molecule has 0 bridgehead atoms. The zero-order chi connectivity index (χ0) is 19.9. The van der Waals surface area contributed by atoms with Crippen LogP contribution in [0, 0.1) is 0 Å². The molecule has 1 saturated heterocycles. The first-order chi connectivity index (χ1) is 12.1. The fourth-order valence-electron chi connectivity index (χ4n) is 3.05. The number of hydrogen-bond donors (Lipinski definition) is 0. The van der Waals surface area contributed by atoms with Crippen LogP contribution >= 0.6 is 0 Å². The van der Waals surface area contributed by atoms with Gasteiger partial charge in [0.25, 0.3) is 0 Å². The van der Waals surface area contributed by atoms with Crippen molar-refractivity contribution >= 4 is 18.0 Å². The number of hydrogen-bond acceptors (Lipinski definition) is 6. The van der Waals surface area contributed by atoms with E-state index < -0.39 is 23.6 Å². The van der Waals surface area contributed by atoms with E-state index in [2.05, 4.69) is 0 Å². The van der Waals surface area contributed by atoms with E-state index in [0.717, 1.165) is 19.3 Å². The van der Waals surface area contributed by atoms with Crippen molar-refractivity contribution in [1.82, 2.24) is 4.90 Å². The number of amides is 1. The number of methoxy groups -OCH3 is 1. The Balaban J connectivity index is 2.99. The summed E-state index contributed by atoms with van der Waals surface area (Å²) in [4.78, 5) is 37.8. The molecular weight excluding hydrogens is 338 g/mol. The standard InChI is InChI=1S/C19H31NO6/c1-7-15(17(22)24-6)16(25-13(2)21)12-14-10-8-9-11-20(14)18(23)26-19(3,4)5/h7,14,16H,8-12H2,1-6H3/b15-7+. The van der Waals surface area contributed by atoms with Crippen molar-refractivity contribution in [3.63, 3.8) is 0 Å². The molecule has 0 N–H and O–H groups in total. The fraction of sp³-hybridized carbons (Fsp3) is 0.737. The zero-order valence-corrected chi connectivity index (χ0v) is 16.7. The van der Waals surface area contributed by atoms with Gasteiger partial charge in [-0.2, -0.15) is 0 Å². The molecule has 2 atom stereocenters. The predicted molar refractivity (Wildman–Crippen MR) is 96.5 cm³/mol. The average molecular weight is 369 g/mol. The van der Waals surface area contributed by atoms with Crippen LogP contribution in [0.15, 0.2) is 11.6 Å². The highest BCUT2D eigenvalue weighted by Crippen LogP contribution is 2.27. The largest absolute Gasteiger partial charge is 0.466 e. The van der Waals surface area contributed by atoms with Crippen LogP contribution < -0.4 is 0 Å². The Morgan fingerprint density at radius 2 is 1.88 bits per heavy atom. The van der Waals surface area contributed by atoms with E-state index in [1.807, 2.05) is 20.8 Å². The SMILES string of the molecule is C/C=C(/C(=O)OC)C(CC1CCCCN1C(=O)OC(C)(C)C)OC(C)=O. The maximum Gasteiger partial charge on any atom is 0.410 e. The van der Waals surface area contributed by atoms with Crippen molar-refractivity contribution in [1.29, 1.82) is 0 Å². The van der Waals surface area contributed by atoms with Crippen molar-refractivity contribution in [3.05, 3.63) is 11.6 Å². The fourth-order valence-corrected chi connectivity index (χ4v) is 3.05. The van der Waals surface area contributed by atoms with Gasteiger partial charge in [0.15, 0.2) is 0 Å². The van der Waals surface area contributed by atoms with Crippen LogP contribution in [0.3, 0.4) is 0 Å². The van der Waals surface area contributed by atoms with Crippen molar-refractivity contribution in [2.45, 2.75) is 78.0 Å². The number of piperidine rings is 1. The molecule has 0 saturated carbocycles. The number of allylic oxidation sites excluding steroid dienone is 1. The van der Waals surface area contributed by atoms with E-state index in [9.17, 15) is 14.4 Å². The zero-order valence-electron chi connectivity index (χ0n) is 16.7. The molecule has 0 spiro atoms. The van der Waals surface area contributed by atoms with Crippen molar-refractivity contribution < 1.29 is 28.6 Å². The summed E-state index contributed by atoms with van der Waals surface area (Å²) in [6, 6.07) is -0.178. The molecule has 0 aromatic carbocycles. The van der Waals surface area contributed by atoms with Gasteiger partial charge in [-0.3, -0.25) is 4.79 Å². The summed E-state index contributed by atoms with van der Waals surface area (Å²) < 4.78 is 15.7. The molecule has 1 heterocycles. The molecule has 148 valence electrons. The van der Waals surface area contributed by atoms with Crippen LogP contribution in [-0.2, 0) is 23.8 Å². The lowest BCUT2D eigenvalue weighted by Gasteiger charge is -2.38. The highest BCUT2D eigenvalue weighted by molar-refractivity contribution is 5.89. The number of likely N-dealkylation sites (tertiary alicyclic amines) is 1. The second-order valence-corrected chi connectivity index (χ2v) is 7.39. The van der Waals surface area contributed by atoms with E-state index >= 15 is 0 Å². The lowest BCUT2D eigenvalue weighted by molar-refractivity contribution is -0.147. The van der Waals surface area contributed by atoms with Gasteiger partial charge >= 0.3 is 18.0 Å². The van der Waals surface area contributed by atoms with E-state index in [0.29, 0.717) is 13.0 Å². The first-order valence-corrected chi connectivity index (χ1v) is 9.00. The third-order valence-corrected chi connectivity index (χ3v) is 4.13. The number of ether oxygens (including phenoxy) is 3. The molecule has 26 heavy (non-hydrogen) atoms. The van der Waals surface area contributed by atoms with E-state index in [-0.39, 0.29) is 17.7 Å². The molecule has 1 amide bonds. The molecule has 1 aliphatic heterocycles. The van der Waals surface area contributed by atoms with Gasteiger partial charge in [0.1, 0.15) is 11.7 Å². The Kier molecular flexibility index (Phi) is 8.11. The van der Waals surface area contributed by atoms with Gasteiger partial charge in [0, 0.05) is 25.9 Å². The lowest BCUT2D eigenvalue weighted by Crippen LogP contribution is -2.48. The second kappa shape index (κ2) is 9.59. The van der Waals surface area contributed by atoms with Gasteiger partial charge in [-0.1, -0.05) is 6.08 Å². The number of rotatable bonds is 5. The maximum absolute atomic E-state index is 12.5. The molecule has 0 radical (unpaired) electrons. The van der Waals surface area contributed by atoms with Crippen LogP contribution in [-0.4, -0.2) is 54.3 Å². The highest BCUT2D eigenvalue weighted by atomic mass is 16.6. The van der Waals surface area contributed by atoms with Gasteiger partial charge in [-0.15, -0.1) is 0 Å². The third-order valence-electron chi connectivity index (χ3n) is 4.13. The molecule has 7 nitrogen and oxygen atoms in total. The van der Waals surface area contributed by atoms with Crippen molar-refractivity contribution in [2.24, 2.45) is 0 Å². The van der Waals surface area contributed by atoms with Gasteiger partial charge < -0.3 is 19.1 Å². The Bertz CT molecular complexity index is 549. The minimum absolute atomic E-state index is 0.178. The van der Waals surface area contributed by atoms with Crippen LogP contribution in [0.25, 0.3) is 0 Å². The number of nitrogens with zero attached hydrogens (tertiary/aromatic N) is 1. The second-order valence-electron chi connectivity index (χ2n) is 7.39. The molecule has 2 unspecified atom stereocenters. The summed E-state index contributed by atoms with van der Waals surface area (Å²) in [5.74, 6) is -1.03. The van der Waals surface area contributed by atoms with Crippen LogP contribution in [0.1, 0.15) is 60.3 Å². The molecule has 0 aromatic rings. The van der Waals surface area contributed by atoms with Crippen molar-refractivity contribution in [2.75, 3.05) is 13.7 Å². The van der Waals surface area contributed by atoms with Crippen LogP contribution in [0.4, 0.5) is 4.79 Å². The van der Waals surface area contributed by atoms with Gasteiger partial charge in [0.2, 0.25) is 0 Å². The van der Waals surface area contributed by atoms with Crippen LogP contribution in [0.2, 0.25) is 0 Å². The molecule has 0 aromatic heterocycles. The molecule has 1 aliphatic rings. The minimum Gasteiger partial charge on any atom is -0.466 e. The first-order valence-electron chi connectivity index (χ1n) is 9.00. The van der Waals surface area contributed by atoms with Crippen molar-refractivity contribution in [3.8, 4) is 0 Å². The summed E-state index contributed by atoms with van der Waals surface area (Å²) in [6.07, 6.45) is 3.37. The molecule has 1 fully saturated rings. The Labute approximate surface area is 155 Å². The van der Waals surface area contributed by atoms with E-state index in [4.69, 9.17) is 14.2 Å². The molecule has 7 heteroatoms. The summed E-state index contributed by atoms with van der Waals surface area (Å²) >= 11 is 0. The quantitative estimate of drug-likeness (QED) is 0.420. The Hall–Kier alpha value is -2.05. The van der Waals surface area contributed by atoms with Gasteiger partial charge in [0.05, 0.1) is 12.7 Å². The van der Waals surface area contributed by atoms with Crippen LogP contribution in [0.5, 0.6) is 0 Å². The van der Waals surface area contributed by atoms with E-state index in [1.54, 1.807) is 17.9 Å². The van der Waals surface area contributed by atoms with Gasteiger partial charge in [-0.05, 0) is 47.0 Å². The van der Waals surface area contributed by atoms with E-state index in [1.165, 1.54) is 14.0 Å². The molecular formula is C19H31NO6. The molecule has 0 aliphatic carbocycles. The summed E-state index contributed by atoms with van der Waals surface area (Å²) in [6.45, 7) is 9.02. The Morgan fingerprint density at radius 3 is 2.38 bits per heavy atom. The highest BCUT2D eigenvalue weighted by Gasteiger charge is 2.35. The molecule has 1 rings (SSSR count). The third kappa shape index (κ3) is 6.69. The number of esters is 2. The Morgan fingerprint density at radius 1 is 1.23 bits per heavy atom. The maximum atomic E-state index is 12.5. The first kappa shape index (κ1) is 22.0.